The first-order valence-corrected chi connectivity index (χ1v) is 8.76. The van der Waals surface area contributed by atoms with E-state index in [1.807, 2.05) is 44.2 Å². The predicted molar refractivity (Wildman–Crippen MR) is 98.8 cm³/mol. The fourth-order valence-electron chi connectivity index (χ4n) is 3.40. The number of ether oxygens (including phenoxy) is 1. The zero-order valence-corrected chi connectivity index (χ0v) is 15.1. The standard InChI is InChI=1S/C21H23NO4/c1-14-6-5-9-19(15(14)2)26-13-20(23)22-11-10-16(12-22)17-7-3-4-8-18(17)21(24)25/h3-9,16H,10-13H2,1-2H3,(H,24,25). The van der Waals surface area contributed by atoms with Gasteiger partial charge in [-0.2, -0.15) is 0 Å². The molecular formula is C21H23NO4. The molecule has 1 aliphatic rings. The van der Waals surface area contributed by atoms with Crippen LogP contribution in [0.3, 0.4) is 0 Å². The largest absolute Gasteiger partial charge is 0.483 e. The third-order valence-corrected chi connectivity index (χ3v) is 5.08. The first-order chi connectivity index (χ1) is 12.5. The first kappa shape index (κ1) is 18.0. The number of hydrogen-bond acceptors (Lipinski definition) is 3. The van der Waals surface area contributed by atoms with Gasteiger partial charge in [0.25, 0.3) is 5.91 Å². The van der Waals surface area contributed by atoms with Crippen molar-refractivity contribution in [3.63, 3.8) is 0 Å². The molecule has 2 aromatic carbocycles. The van der Waals surface area contributed by atoms with E-state index in [4.69, 9.17) is 4.74 Å². The molecule has 1 heterocycles. The quantitative estimate of drug-likeness (QED) is 0.895. The maximum atomic E-state index is 12.5. The van der Waals surface area contributed by atoms with Gasteiger partial charge in [-0.05, 0) is 49.1 Å². The molecule has 2 aromatic rings. The second kappa shape index (κ2) is 7.60. The molecule has 0 aliphatic carbocycles. The van der Waals surface area contributed by atoms with Gasteiger partial charge in [0.05, 0.1) is 5.56 Å². The molecule has 0 radical (unpaired) electrons. The number of hydrogen-bond donors (Lipinski definition) is 1. The van der Waals surface area contributed by atoms with Crippen LogP contribution in [-0.2, 0) is 4.79 Å². The summed E-state index contributed by atoms with van der Waals surface area (Å²) in [6, 6.07) is 12.8. The van der Waals surface area contributed by atoms with E-state index in [9.17, 15) is 14.7 Å². The number of benzene rings is 2. The molecule has 0 saturated carbocycles. The van der Waals surface area contributed by atoms with Gasteiger partial charge in [0, 0.05) is 19.0 Å². The molecule has 26 heavy (non-hydrogen) atoms. The Morgan fingerprint density at radius 1 is 1.15 bits per heavy atom. The number of carbonyl (C=O) groups excluding carboxylic acids is 1. The minimum absolute atomic E-state index is 0.00239. The van der Waals surface area contributed by atoms with E-state index in [-0.39, 0.29) is 18.4 Å². The van der Waals surface area contributed by atoms with Crippen LogP contribution in [-0.4, -0.2) is 41.6 Å². The summed E-state index contributed by atoms with van der Waals surface area (Å²) in [5, 5.41) is 9.36. The average Bonchev–Trinajstić information content (AvgIpc) is 3.13. The van der Waals surface area contributed by atoms with Crippen LogP contribution in [0, 0.1) is 13.8 Å². The number of rotatable bonds is 5. The maximum absolute atomic E-state index is 12.5. The van der Waals surface area contributed by atoms with E-state index in [2.05, 4.69) is 0 Å². The molecular weight excluding hydrogens is 330 g/mol. The lowest BCUT2D eigenvalue weighted by molar-refractivity contribution is -0.132. The van der Waals surface area contributed by atoms with Gasteiger partial charge in [0.2, 0.25) is 0 Å². The van der Waals surface area contributed by atoms with Crippen LogP contribution in [0.25, 0.3) is 0 Å². The lowest BCUT2D eigenvalue weighted by Gasteiger charge is -2.18. The van der Waals surface area contributed by atoms with Gasteiger partial charge in [-0.3, -0.25) is 4.79 Å². The molecule has 0 aromatic heterocycles. The van der Waals surface area contributed by atoms with Gasteiger partial charge in [0.15, 0.2) is 6.61 Å². The number of nitrogens with zero attached hydrogens (tertiary/aromatic N) is 1. The lowest BCUT2D eigenvalue weighted by Crippen LogP contribution is -2.33. The molecule has 1 unspecified atom stereocenters. The van der Waals surface area contributed by atoms with Gasteiger partial charge in [-0.15, -0.1) is 0 Å². The third-order valence-electron chi connectivity index (χ3n) is 5.08. The van der Waals surface area contributed by atoms with Crippen molar-refractivity contribution >= 4 is 11.9 Å². The Morgan fingerprint density at radius 3 is 2.69 bits per heavy atom. The van der Waals surface area contributed by atoms with Crippen molar-refractivity contribution in [3.8, 4) is 5.75 Å². The van der Waals surface area contributed by atoms with Gasteiger partial charge in [-0.1, -0.05) is 30.3 Å². The topological polar surface area (TPSA) is 66.8 Å². The lowest BCUT2D eigenvalue weighted by atomic mass is 9.93. The molecule has 1 atom stereocenters. The third kappa shape index (κ3) is 3.72. The molecule has 136 valence electrons. The van der Waals surface area contributed by atoms with Gasteiger partial charge < -0.3 is 14.7 Å². The van der Waals surface area contributed by atoms with Gasteiger partial charge in [0.1, 0.15) is 5.75 Å². The molecule has 1 saturated heterocycles. The summed E-state index contributed by atoms with van der Waals surface area (Å²) in [5.74, 6) is -0.220. The van der Waals surface area contributed by atoms with E-state index in [0.717, 1.165) is 28.9 Å². The van der Waals surface area contributed by atoms with E-state index in [0.29, 0.717) is 18.7 Å². The molecule has 0 spiro atoms. The molecule has 1 N–H and O–H groups in total. The second-order valence-corrected chi connectivity index (χ2v) is 6.70. The number of carboxylic acids is 1. The van der Waals surface area contributed by atoms with Crippen molar-refractivity contribution in [1.82, 2.24) is 4.90 Å². The van der Waals surface area contributed by atoms with Crippen molar-refractivity contribution in [1.29, 1.82) is 0 Å². The van der Waals surface area contributed by atoms with Crippen LogP contribution < -0.4 is 4.74 Å². The van der Waals surface area contributed by atoms with Crippen molar-refractivity contribution in [2.75, 3.05) is 19.7 Å². The highest BCUT2D eigenvalue weighted by atomic mass is 16.5. The summed E-state index contributed by atoms with van der Waals surface area (Å²) < 4.78 is 5.71. The van der Waals surface area contributed by atoms with Crippen LogP contribution in [0.1, 0.15) is 39.4 Å². The Morgan fingerprint density at radius 2 is 1.92 bits per heavy atom. The van der Waals surface area contributed by atoms with Crippen LogP contribution in [0.5, 0.6) is 5.75 Å². The molecule has 0 bridgehead atoms. The smallest absolute Gasteiger partial charge is 0.335 e. The number of likely N-dealkylation sites (tertiary alicyclic amines) is 1. The monoisotopic (exact) mass is 353 g/mol. The van der Waals surface area contributed by atoms with Gasteiger partial charge >= 0.3 is 5.97 Å². The minimum Gasteiger partial charge on any atom is -0.483 e. The normalized spacial score (nSPS) is 16.5. The molecule has 1 aliphatic heterocycles. The Kier molecular flexibility index (Phi) is 5.26. The molecule has 3 rings (SSSR count). The zero-order valence-electron chi connectivity index (χ0n) is 15.1. The minimum atomic E-state index is -0.927. The van der Waals surface area contributed by atoms with Crippen LogP contribution in [0.15, 0.2) is 42.5 Å². The highest BCUT2D eigenvalue weighted by Gasteiger charge is 2.29. The highest BCUT2D eigenvalue weighted by Crippen LogP contribution is 2.30. The first-order valence-electron chi connectivity index (χ1n) is 8.76. The summed E-state index contributed by atoms with van der Waals surface area (Å²) in [6.07, 6.45) is 0.763. The summed E-state index contributed by atoms with van der Waals surface area (Å²) in [7, 11) is 0. The SMILES string of the molecule is Cc1cccc(OCC(=O)N2CCC(c3ccccc3C(=O)O)C2)c1C. The predicted octanol–water partition coefficient (Wildman–Crippen LogP) is 3.40. The molecule has 1 fully saturated rings. The molecule has 1 amide bonds. The van der Waals surface area contributed by atoms with Gasteiger partial charge in [-0.25, -0.2) is 4.79 Å². The van der Waals surface area contributed by atoms with Crippen molar-refractivity contribution in [2.45, 2.75) is 26.2 Å². The summed E-state index contributed by atoms with van der Waals surface area (Å²) in [4.78, 5) is 25.7. The summed E-state index contributed by atoms with van der Waals surface area (Å²) in [6.45, 7) is 5.13. The second-order valence-electron chi connectivity index (χ2n) is 6.70. The van der Waals surface area contributed by atoms with E-state index >= 15 is 0 Å². The number of aromatic carboxylic acids is 1. The van der Waals surface area contributed by atoms with E-state index < -0.39 is 5.97 Å². The summed E-state index contributed by atoms with van der Waals surface area (Å²) >= 11 is 0. The Balaban J connectivity index is 1.63. The zero-order chi connectivity index (χ0) is 18.7. The van der Waals surface area contributed by atoms with Crippen LogP contribution in [0.4, 0.5) is 0 Å². The average molecular weight is 353 g/mol. The molecule has 5 nitrogen and oxygen atoms in total. The highest BCUT2D eigenvalue weighted by molar-refractivity contribution is 5.89. The van der Waals surface area contributed by atoms with Crippen LogP contribution in [0.2, 0.25) is 0 Å². The van der Waals surface area contributed by atoms with E-state index in [1.54, 1.807) is 17.0 Å². The number of carbonyl (C=O) groups is 2. The van der Waals surface area contributed by atoms with Crippen molar-refractivity contribution in [3.05, 3.63) is 64.7 Å². The van der Waals surface area contributed by atoms with E-state index in [1.165, 1.54) is 0 Å². The Hall–Kier alpha value is -2.82. The summed E-state index contributed by atoms with van der Waals surface area (Å²) in [5.41, 5.74) is 3.28. The maximum Gasteiger partial charge on any atom is 0.335 e. The van der Waals surface area contributed by atoms with Crippen molar-refractivity contribution < 1.29 is 19.4 Å². The van der Waals surface area contributed by atoms with Crippen molar-refractivity contribution in [2.24, 2.45) is 0 Å². The fourth-order valence-corrected chi connectivity index (χ4v) is 3.40. The molecule has 5 heteroatoms. The fraction of sp³-hybridized carbons (Fsp3) is 0.333. The van der Waals surface area contributed by atoms with Crippen LogP contribution >= 0.6 is 0 Å². The number of carboxylic acid groups (broad SMARTS) is 1. The number of amides is 1. The Labute approximate surface area is 153 Å². The number of aryl methyl sites for hydroxylation is 1. The Bertz CT molecular complexity index is 831.